The van der Waals surface area contributed by atoms with E-state index in [0.29, 0.717) is 50.1 Å². The van der Waals surface area contributed by atoms with Crippen LogP contribution in [0.1, 0.15) is 36.0 Å². The van der Waals surface area contributed by atoms with Crippen LogP contribution in [-0.4, -0.2) is 55.2 Å². The molecule has 1 spiro atoms. The normalized spacial score (nSPS) is 17.9. The molecule has 1 aliphatic carbocycles. The Balaban J connectivity index is 1.40. The lowest BCUT2D eigenvalue weighted by atomic mass is 9.65. The van der Waals surface area contributed by atoms with Gasteiger partial charge in [-0.15, -0.1) is 0 Å². The van der Waals surface area contributed by atoms with Crippen molar-refractivity contribution in [1.82, 2.24) is 4.90 Å². The number of fused-ring (bicyclic) bond motifs is 2. The first kappa shape index (κ1) is 26.0. The van der Waals surface area contributed by atoms with Gasteiger partial charge in [0.05, 0.1) is 38.0 Å². The number of methoxy groups -OCH3 is 1. The molecule has 3 aromatic rings. The van der Waals surface area contributed by atoms with Crippen LogP contribution < -0.4 is 15.0 Å². The van der Waals surface area contributed by atoms with Gasteiger partial charge in [0.15, 0.2) is 0 Å². The first-order valence-corrected chi connectivity index (χ1v) is 13.8. The van der Waals surface area contributed by atoms with E-state index in [1.807, 2.05) is 65.6 Å². The van der Waals surface area contributed by atoms with E-state index in [9.17, 15) is 9.90 Å². The molecule has 3 N–H and O–H groups in total. The van der Waals surface area contributed by atoms with E-state index in [1.165, 1.54) is 0 Å². The van der Waals surface area contributed by atoms with Gasteiger partial charge in [-0.05, 0) is 60.4 Å². The van der Waals surface area contributed by atoms with E-state index in [2.05, 4.69) is 5.32 Å². The molecule has 1 amide bonds. The molecule has 0 aromatic heterocycles. The zero-order valence-electron chi connectivity index (χ0n) is 22.7. The molecule has 2 fully saturated rings. The molecule has 3 aromatic carbocycles. The van der Waals surface area contributed by atoms with Crippen molar-refractivity contribution in [2.75, 3.05) is 43.6 Å². The SMILES string of the molecule is COc1ccc(CN2C(=O)C3(CCC3)c3cc(/C(=C/C(=N)N4CCOCC4)Nc4ccccc4)cc(O)c32)cc1. The smallest absolute Gasteiger partial charge is 0.238 e. The first-order chi connectivity index (χ1) is 19.5. The minimum Gasteiger partial charge on any atom is -0.506 e. The molecule has 3 aliphatic rings. The number of amides is 1. The highest BCUT2D eigenvalue weighted by molar-refractivity contribution is 6.11. The summed E-state index contributed by atoms with van der Waals surface area (Å²) in [6, 6.07) is 21.2. The van der Waals surface area contributed by atoms with Crippen LogP contribution in [0.25, 0.3) is 5.70 Å². The fourth-order valence-electron chi connectivity index (χ4n) is 5.88. The summed E-state index contributed by atoms with van der Waals surface area (Å²) in [6.07, 6.45) is 4.29. The third-order valence-electron chi connectivity index (χ3n) is 8.23. The number of nitrogens with one attached hydrogen (secondary N) is 2. The number of amidine groups is 1. The maximum atomic E-state index is 13.9. The Kier molecular flexibility index (Phi) is 6.94. The third kappa shape index (κ3) is 4.69. The summed E-state index contributed by atoms with van der Waals surface area (Å²) in [5.41, 5.74) is 4.10. The molecule has 8 nitrogen and oxygen atoms in total. The highest BCUT2D eigenvalue weighted by atomic mass is 16.5. The van der Waals surface area contributed by atoms with Crippen LogP contribution >= 0.6 is 0 Å². The lowest BCUT2D eigenvalue weighted by Gasteiger charge is -2.37. The van der Waals surface area contributed by atoms with Crippen molar-refractivity contribution in [3.05, 3.63) is 89.5 Å². The van der Waals surface area contributed by atoms with Crippen molar-refractivity contribution in [1.29, 1.82) is 5.41 Å². The molecular formula is C32H34N4O4. The Morgan fingerprint density at radius 1 is 1.10 bits per heavy atom. The number of ether oxygens (including phenoxy) is 2. The van der Waals surface area contributed by atoms with Crippen LogP contribution in [0.3, 0.4) is 0 Å². The quantitative estimate of drug-likeness (QED) is 0.285. The highest BCUT2D eigenvalue weighted by Crippen LogP contribution is 2.57. The Hall–Kier alpha value is -4.30. The second kappa shape index (κ2) is 10.7. The zero-order valence-corrected chi connectivity index (χ0v) is 22.7. The van der Waals surface area contributed by atoms with Gasteiger partial charge in [0.2, 0.25) is 5.91 Å². The monoisotopic (exact) mass is 538 g/mol. The Morgan fingerprint density at radius 2 is 1.82 bits per heavy atom. The molecule has 8 heteroatoms. The first-order valence-electron chi connectivity index (χ1n) is 13.8. The number of hydrogen-bond donors (Lipinski definition) is 3. The molecule has 1 saturated carbocycles. The Morgan fingerprint density at radius 3 is 2.48 bits per heavy atom. The third-order valence-corrected chi connectivity index (χ3v) is 8.23. The van der Waals surface area contributed by atoms with Gasteiger partial charge in [0, 0.05) is 36.1 Å². The second-order valence-corrected chi connectivity index (χ2v) is 10.6. The highest BCUT2D eigenvalue weighted by Gasteiger charge is 2.55. The molecule has 40 heavy (non-hydrogen) atoms. The standard InChI is InChI=1S/C32H34N4O4/c1-39-25-10-8-22(9-11-25)21-36-30-26(32(31(36)38)12-5-13-32)18-23(19-28(30)37)27(34-24-6-3-2-4-7-24)20-29(33)35-14-16-40-17-15-35/h2-4,6-11,18-20,33-34,37H,5,12-17,21H2,1H3/b27-20-,33-29?. The molecule has 2 heterocycles. The summed E-state index contributed by atoms with van der Waals surface area (Å²) < 4.78 is 10.8. The molecule has 0 bridgehead atoms. The number of hydrogen-bond acceptors (Lipinski definition) is 6. The van der Waals surface area contributed by atoms with Crippen molar-refractivity contribution in [2.24, 2.45) is 0 Å². The van der Waals surface area contributed by atoms with Gasteiger partial charge in [0.1, 0.15) is 17.3 Å². The van der Waals surface area contributed by atoms with Gasteiger partial charge in [-0.1, -0.05) is 36.8 Å². The molecule has 0 atom stereocenters. The number of carbonyl (C=O) groups is 1. The number of nitrogens with zero attached hydrogens (tertiary/aromatic N) is 2. The van der Waals surface area contributed by atoms with Crippen LogP contribution in [0, 0.1) is 5.41 Å². The van der Waals surface area contributed by atoms with Crippen LogP contribution in [0.5, 0.6) is 11.5 Å². The van der Waals surface area contributed by atoms with Gasteiger partial charge in [0.25, 0.3) is 0 Å². The predicted molar refractivity (Wildman–Crippen MR) is 156 cm³/mol. The lowest BCUT2D eigenvalue weighted by molar-refractivity contribution is -0.126. The van der Waals surface area contributed by atoms with E-state index in [0.717, 1.165) is 47.4 Å². The van der Waals surface area contributed by atoms with Crippen LogP contribution in [0.2, 0.25) is 0 Å². The number of rotatable bonds is 7. The zero-order chi connectivity index (χ0) is 27.7. The fraction of sp³-hybridized carbons (Fsp3) is 0.312. The van der Waals surface area contributed by atoms with E-state index >= 15 is 0 Å². The molecule has 0 radical (unpaired) electrons. The summed E-state index contributed by atoms with van der Waals surface area (Å²) in [5, 5.41) is 23.7. The molecule has 2 aliphatic heterocycles. The minimum atomic E-state index is -0.620. The number of carbonyl (C=O) groups excluding carboxylic acids is 1. The maximum absolute atomic E-state index is 13.9. The number of benzene rings is 3. The van der Waals surface area contributed by atoms with E-state index in [1.54, 1.807) is 24.2 Å². The largest absolute Gasteiger partial charge is 0.506 e. The van der Waals surface area contributed by atoms with E-state index in [-0.39, 0.29) is 11.7 Å². The van der Waals surface area contributed by atoms with Crippen molar-refractivity contribution >= 4 is 28.8 Å². The van der Waals surface area contributed by atoms with Crippen molar-refractivity contribution in [3.8, 4) is 11.5 Å². The van der Waals surface area contributed by atoms with Gasteiger partial charge in [-0.3, -0.25) is 10.2 Å². The predicted octanol–water partition coefficient (Wildman–Crippen LogP) is 5.13. The van der Waals surface area contributed by atoms with Crippen LogP contribution in [0.4, 0.5) is 11.4 Å². The maximum Gasteiger partial charge on any atom is 0.238 e. The number of phenols is 1. The number of anilines is 2. The van der Waals surface area contributed by atoms with Crippen LogP contribution in [-0.2, 0) is 21.5 Å². The second-order valence-electron chi connectivity index (χ2n) is 10.6. The van der Waals surface area contributed by atoms with Crippen molar-refractivity contribution in [3.63, 3.8) is 0 Å². The van der Waals surface area contributed by atoms with Crippen LogP contribution in [0.15, 0.2) is 72.8 Å². The van der Waals surface area contributed by atoms with Gasteiger partial charge in [-0.25, -0.2) is 0 Å². The number of aromatic hydroxyl groups is 1. The molecule has 206 valence electrons. The van der Waals surface area contributed by atoms with Crippen molar-refractivity contribution in [2.45, 2.75) is 31.2 Å². The summed E-state index contributed by atoms with van der Waals surface area (Å²) in [5.74, 6) is 1.24. The Bertz CT molecular complexity index is 1440. The summed E-state index contributed by atoms with van der Waals surface area (Å²) in [7, 11) is 1.63. The van der Waals surface area contributed by atoms with Gasteiger partial charge < -0.3 is 29.7 Å². The molecule has 1 saturated heterocycles. The molecule has 6 rings (SSSR count). The van der Waals surface area contributed by atoms with Gasteiger partial charge in [-0.2, -0.15) is 0 Å². The fourth-order valence-corrected chi connectivity index (χ4v) is 5.88. The summed E-state index contributed by atoms with van der Waals surface area (Å²) >= 11 is 0. The minimum absolute atomic E-state index is 0.0413. The van der Waals surface area contributed by atoms with E-state index < -0.39 is 5.41 Å². The topological polar surface area (TPSA) is 98.1 Å². The summed E-state index contributed by atoms with van der Waals surface area (Å²) in [6.45, 7) is 2.86. The Labute approximate surface area is 234 Å². The number of para-hydroxylation sites is 1. The number of morpholine rings is 1. The van der Waals surface area contributed by atoms with Gasteiger partial charge >= 0.3 is 0 Å². The average Bonchev–Trinajstić information content (AvgIpc) is 3.22. The average molecular weight is 539 g/mol. The van der Waals surface area contributed by atoms with E-state index in [4.69, 9.17) is 14.9 Å². The van der Waals surface area contributed by atoms with Crippen molar-refractivity contribution < 1.29 is 19.4 Å². The molecule has 0 unspecified atom stereocenters. The lowest BCUT2D eigenvalue weighted by Crippen LogP contribution is -2.44. The number of phenolic OH excluding ortho intramolecular Hbond substituents is 1. The summed E-state index contributed by atoms with van der Waals surface area (Å²) in [4.78, 5) is 17.6. The molecular weight excluding hydrogens is 504 g/mol.